The molecule has 0 atom stereocenters. The minimum absolute atomic E-state index is 0.0861. The summed E-state index contributed by atoms with van der Waals surface area (Å²) in [6.45, 7) is 3.99. The number of aliphatic carboxylic acids is 1. The molecule has 0 aliphatic heterocycles. The van der Waals surface area contributed by atoms with Crippen molar-refractivity contribution in [3.8, 4) is 11.1 Å². The van der Waals surface area contributed by atoms with Gasteiger partial charge >= 0.3 is 5.97 Å². The third kappa shape index (κ3) is 3.47. The number of amides is 1. The highest BCUT2D eigenvalue weighted by molar-refractivity contribution is 5.94. The fraction of sp³-hybridized carbons (Fsp3) is 0.267. The molecule has 0 radical (unpaired) electrons. The minimum Gasteiger partial charge on any atom is -0.481 e. The summed E-state index contributed by atoms with van der Waals surface area (Å²) in [6.07, 6.45) is -0.0861. The standard InChI is InChI=1S/C15H17N3O3/c1-9-14(10(2)18-17-9)11-3-5-12(6-4-11)15(21)16-8-7-13(19)20/h3-6H,7-8H2,1-2H3,(H,16,21)(H,17,18)(H,19,20). The first-order chi connectivity index (χ1) is 9.99. The lowest BCUT2D eigenvalue weighted by Crippen LogP contribution is -2.25. The Morgan fingerprint density at radius 3 is 2.43 bits per heavy atom. The molecule has 21 heavy (non-hydrogen) atoms. The van der Waals surface area contributed by atoms with Crippen LogP contribution in [0.15, 0.2) is 24.3 Å². The Hall–Kier alpha value is -2.63. The summed E-state index contributed by atoms with van der Waals surface area (Å²) in [4.78, 5) is 22.2. The normalized spacial score (nSPS) is 10.4. The van der Waals surface area contributed by atoms with Crippen molar-refractivity contribution in [1.82, 2.24) is 15.5 Å². The van der Waals surface area contributed by atoms with E-state index in [1.165, 1.54) is 0 Å². The molecule has 0 spiro atoms. The number of hydrogen-bond acceptors (Lipinski definition) is 3. The van der Waals surface area contributed by atoms with Crippen molar-refractivity contribution in [2.75, 3.05) is 6.54 Å². The van der Waals surface area contributed by atoms with E-state index < -0.39 is 5.97 Å². The molecule has 3 N–H and O–H groups in total. The van der Waals surface area contributed by atoms with Crippen LogP contribution in [0.25, 0.3) is 11.1 Å². The Labute approximate surface area is 122 Å². The van der Waals surface area contributed by atoms with Gasteiger partial charge in [0.15, 0.2) is 0 Å². The van der Waals surface area contributed by atoms with Gasteiger partial charge in [0.05, 0.1) is 12.1 Å². The van der Waals surface area contributed by atoms with E-state index in [4.69, 9.17) is 5.11 Å². The maximum atomic E-state index is 11.8. The highest BCUT2D eigenvalue weighted by Crippen LogP contribution is 2.25. The lowest BCUT2D eigenvalue weighted by Gasteiger charge is -2.06. The molecule has 1 aromatic heterocycles. The zero-order valence-electron chi connectivity index (χ0n) is 11.9. The molecule has 0 saturated heterocycles. The third-order valence-electron chi connectivity index (χ3n) is 3.19. The van der Waals surface area contributed by atoms with Gasteiger partial charge in [-0.05, 0) is 31.5 Å². The van der Waals surface area contributed by atoms with Gasteiger partial charge in [-0.2, -0.15) is 5.10 Å². The molecular formula is C15H17N3O3. The van der Waals surface area contributed by atoms with Crippen LogP contribution in [0.3, 0.4) is 0 Å². The number of nitrogens with zero attached hydrogens (tertiary/aromatic N) is 1. The number of carbonyl (C=O) groups excluding carboxylic acids is 1. The summed E-state index contributed by atoms with van der Waals surface area (Å²) in [6, 6.07) is 7.16. The number of hydrogen-bond donors (Lipinski definition) is 3. The predicted octanol–water partition coefficient (Wildman–Crippen LogP) is 1.90. The molecule has 1 heterocycles. The number of nitrogens with one attached hydrogen (secondary N) is 2. The molecule has 0 bridgehead atoms. The molecule has 0 unspecified atom stereocenters. The summed E-state index contributed by atoms with van der Waals surface area (Å²) in [5.41, 5.74) is 4.41. The van der Waals surface area contributed by atoms with Gasteiger partial charge < -0.3 is 10.4 Å². The quantitative estimate of drug-likeness (QED) is 0.782. The molecule has 1 amide bonds. The topological polar surface area (TPSA) is 95.1 Å². The Bertz CT molecular complexity index is 640. The molecule has 2 rings (SSSR count). The van der Waals surface area contributed by atoms with E-state index in [0.717, 1.165) is 22.5 Å². The van der Waals surface area contributed by atoms with Gasteiger partial charge in [0.2, 0.25) is 0 Å². The average Bonchev–Trinajstić information content (AvgIpc) is 2.78. The Kier molecular flexibility index (Phi) is 4.37. The van der Waals surface area contributed by atoms with E-state index >= 15 is 0 Å². The largest absolute Gasteiger partial charge is 0.481 e. The Balaban J connectivity index is 2.09. The average molecular weight is 287 g/mol. The van der Waals surface area contributed by atoms with Crippen LogP contribution < -0.4 is 5.32 Å². The van der Waals surface area contributed by atoms with Gasteiger partial charge in [-0.25, -0.2) is 0 Å². The fourth-order valence-electron chi connectivity index (χ4n) is 2.15. The van der Waals surface area contributed by atoms with Crippen LogP contribution >= 0.6 is 0 Å². The van der Waals surface area contributed by atoms with Crippen LogP contribution in [0.4, 0.5) is 0 Å². The van der Waals surface area contributed by atoms with Crippen LogP contribution in [0, 0.1) is 13.8 Å². The van der Waals surface area contributed by atoms with E-state index in [9.17, 15) is 9.59 Å². The number of H-pyrrole nitrogens is 1. The van der Waals surface area contributed by atoms with E-state index in [2.05, 4.69) is 15.5 Å². The van der Waals surface area contributed by atoms with Crippen LogP contribution in [-0.2, 0) is 4.79 Å². The number of aromatic nitrogens is 2. The van der Waals surface area contributed by atoms with Crippen molar-refractivity contribution in [2.45, 2.75) is 20.3 Å². The molecule has 0 aliphatic rings. The molecule has 110 valence electrons. The number of aromatic amines is 1. The van der Waals surface area contributed by atoms with Crippen LogP contribution in [-0.4, -0.2) is 33.7 Å². The van der Waals surface area contributed by atoms with Gasteiger partial charge in [0.1, 0.15) is 0 Å². The zero-order valence-corrected chi connectivity index (χ0v) is 11.9. The van der Waals surface area contributed by atoms with Crippen molar-refractivity contribution >= 4 is 11.9 Å². The van der Waals surface area contributed by atoms with Gasteiger partial charge in [0, 0.05) is 23.4 Å². The predicted molar refractivity (Wildman–Crippen MR) is 78.1 cm³/mol. The number of carbonyl (C=O) groups is 2. The molecule has 6 heteroatoms. The maximum absolute atomic E-state index is 11.8. The van der Waals surface area contributed by atoms with Crippen LogP contribution in [0.5, 0.6) is 0 Å². The van der Waals surface area contributed by atoms with Crippen LogP contribution in [0.1, 0.15) is 28.2 Å². The fourth-order valence-corrected chi connectivity index (χ4v) is 2.15. The van der Waals surface area contributed by atoms with Gasteiger partial charge in [-0.3, -0.25) is 14.7 Å². The summed E-state index contributed by atoms with van der Waals surface area (Å²) >= 11 is 0. The van der Waals surface area contributed by atoms with E-state index in [1.807, 2.05) is 26.0 Å². The summed E-state index contributed by atoms with van der Waals surface area (Å²) < 4.78 is 0. The molecule has 0 fully saturated rings. The lowest BCUT2D eigenvalue weighted by molar-refractivity contribution is -0.136. The van der Waals surface area contributed by atoms with Gasteiger partial charge in [0.25, 0.3) is 5.91 Å². The van der Waals surface area contributed by atoms with Crippen molar-refractivity contribution in [3.05, 3.63) is 41.2 Å². The van der Waals surface area contributed by atoms with Crippen molar-refractivity contribution in [2.24, 2.45) is 0 Å². The van der Waals surface area contributed by atoms with Crippen molar-refractivity contribution < 1.29 is 14.7 Å². The zero-order chi connectivity index (χ0) is 15.4. The second-order valence-electron chi connectivity index (χ2n) is 4.79. The lowest BCUT2D eigenvalue weighted by atomic mass is 10.0. The highest BCUT2D eigenvalue weighted by Gasteiger charge is 2.10. The van der Waals surface area contributed by atoms with Crippen LogP contribution in [0.2, 0.25) is 0 Å². The van der Waals surface area contributed by atoms with E-state index in [1.54, 1.807) is 12.1 Å². The minimum atomic E-state index is -0.934. The van der Waals surface area contributed by atoms with Crippen molar-refractivity contribution in [3.63, 3.8) is 0 Å². The third-order valence-corrected chi connectivity index (χ3v) is 3.19. The molecule has 2 aromatic rings. The maximum Gasteiger partial charge on any atom is 0.305 e. The summed E-state index contributed by atoms with van der Waals surface area (Å²) in [5.74, 6) is -1.21. The Morgan fingerprint density at radius 2 is 1.90 bits per heavy atom. The Morgan fingerprint density at radius 1 is 1.24 bits per heavy atom. The first-order valence-electron chi connectivity index (χ1n) is 6.61. The molecule has 0 saturated carbocycles. The molecule has 0 aliphatic carbocycles. The van der Waals surface area contributed by atoms with E-state index in [0.29, 0.717) is 5.56 Å². The first kappa shape index (κ1) is 14.8. The van der Waals surface area contributed by atoms with E-state index in [-0.39, 0.29) is 18.9 Å². The first-order valence-corrected chi connectivity index (χ1v) is 6.61. The number of aryl methyl sites for hydroxylation is 2. The number of rotatable bonds is 5. The van der Waals surface area contributed by atoms with Gasteiger partial charge in [-0.15, -0.1) is 0 Å². The van der Waals surface area contributed by atoms with Gasteiger partial charge in [-0.1, -0.05) is 12.1 Å². The second-order valence-corrected chi connectivity index (χ2v) is 4.79. The smallest absolute Gasteiger partial charge is 0.305 e. The summed E-state index contributed by atoms with van der Waals surface area (Å²) in [5, 5.41) is 18.2. The second kappa shape index (κ2) is 6.21. The molecular weight excluding hydrogens is 270 g/mol. The monoisotopic (exact) mass is 287 g/mol. The molecule has 1 aromatic carbocycles. The molecule has 6 nitrogen and oxygen atoms in total. The number of benzene rings is 1. The van der Waals surface area contributed by atoms with Crippen molar-refractivity contribution in [1.29, 1.82) is 0 Å². The summed E-state index contributed by atoms with van der Waals surface area (Å²) in [7, 11) is 0. The number of carboxylic acid groups (broad SMARTS) is 1. The number of carboxylic acids is 1. The SMILES string of the molecule is Cc1n[nH]c(C)c1-c1ccc(C(=O)NCCC(=O)O)cc1. The highest BCUT2D eigenvalue weighted by atomic mass is 16.4.